The van der Waals surface area contributed by atoms with Crippen LogP contribution in [0, 0.1) is 0 Å². The van der Waals surface area contributed by atoms with Crippen LogP contribution in [0.2, 0.25) is 0 Å². The van der Waals surface area contributed by atoms with E-state index in [-0.39, 0.29) is 0 Å². The third kappa shape index (κ3) is 2.16. The van der Waals surface area contributed by atoms with Crippen molar-refractivity contribution in [3.05, 3.63) is 42.4 Å². The minimum Gasteiger partial charge on any atom is -0.399 e. The molecule has 0 unspecified atom stereocenters. The van der Waals surface area contributed by atoms with E-state index in [0.29, 0.717) is 0 Å². The van der Waals surface area contributed by atoms with Crippen LogP contribution in [0.1, 0.15) is 5.56 Å². The normalized spacial score (nSPS) is 10.9. The van der Waals surface area contributed by atoms with Crippen LogP contribution in [-0.4, -0.2) is 26.8 Å². The SMILES string of the molecule is CN(Cc1cccc(N)c1)c1ncnc2c1cnn2C. The van der Waals surface area contributed by atoms with Crippen molar-refractivity contribution in [2.75, 3.05) is 17.7 Å². The highest BCUT2D eigenvalue weighted by molar-refractivity contribution is 5.86. The summed E-state index contributed by atoms with van der Waals surface area (Å²) in [5.74, 6) is 0.866. The molecule has 0 bridgehead atoms. The van der Waals surface area contributed by atoms with E-state index in [4.69, 9.17) is 5.73 Å². The maximum atomic E-state index is 5.81. The Labute approximate surface area is 116 Å². The highest BCUT2D eigenvalue weighted by Crippen LogP contribution is 2.22. The van der Waals surface area contributed by atoms with Crippen LogP contribution in [0.25, 0.3) is 11.0 Å². The first kappa shape index (κ1) is 12.4. The summed E-state index contributed by atoms with van der Waals surface area (Å²) in [6.45, 7) is 0.728. The molecule has 3 aromatic rings. The summed E-state index contributed by atoms with van der Waals surface area (Å²) in [6, 6.07) is 7.86. The third-order valence-electron chi connectivity index (χ3n) is 3.24. The van der Waals surface area contributed by atoms with Gasteiger partial charge in [0.15, 0.2) is 5.65 Å². The van der Waals surface area contributed by atoms with Crippen LogP contribution in [0.4, 0.5) is 11.5 Å². The van der Waals surface area contributed by atoms with Gasteiger partial charge in [-0.25, -0.2) is 9.97 Å². The average Bonchev–Trinajstić information content (AvgIpc) is 2.81. The molecule has 3 rings (SSSR count). The van der Waals surface area contributed by atoms with Crippen LogP contribution in [0.5, 0.6) is 0 Å². The van der Waals surface area contributed by atoms with Crippen molar-refractivity contribution in [1.82, 2.24) is 19.7 Å². The van der Waals surface area contributed by atoms with E-state index in [2.05, 4.69) is 26.0 Å². The number of anilines is 2. The van der Waals surface area contributed by atoms with Crippen molar-refractivity contribution in [2.24, 2.45) is 7.05 Å². The highest BCUT2D eigenvalue weighted by atomic mass is 15.3. The number of aryl methyl sites for hydroxylation is 1. The van der Waals surface area contributed by atoms with E-state index < -0.39 is 0 Å². The summed E-state index contributed by atoms with van der Waals surface area (Å²) in [7, 11) is 3.87. The second kappa shape index (κ2) is 4.80. The van der Waals surface area contributed by atoms with Crippen molar-refractivity contribution in [3.8, 4) is 0 Å². The van der Waals surface area contributed by atoms with Gasteiger partial charge < -0.3 is 10.6 Å². The minimum atomic E-state index is 0.728. The number of nitrogen functional groups attached to an aromatic ring is 1. The Kier molecular flexibility index (Phi) is 2.98. The molecule has 0 spiro atoms. The maximum absolute atomic E-state index is 5.81. The Bertz CT molecular complexity index is 748. The molecule has 6 nitrogen and oxygen atoms in total. The first-order chi connectivity index (χ1) is 9.65. The van der Waals surface area contributed by atoms with Crippen LogP contribution < -0.4 is 10.6 Å². The third-order valence-corrected chi connectivity index (χ3v) is 3.24. The molecule has 0 amide bonds. The van der Waals surface area contributed by atoms with Crippen LogP contribution in [0.3, 0.4) is 0 Å². The average molecular weight is 268 g/mol. The van der Waals surface area contributed by atoms with Gasteiger partial charge >= 0.3 is 0 Å². The van der Waals surface area contributed by atoms with Crippen molar-refractivity contribution in [2.45, 2.75) is 6.54 Å². The van der Waals surface area contributed by atoms with Gasteiger partial charge in [-0.15, -0.1) is 0 Å². The van der Waals surface area contributed by atoms with Gasteiger partial charge in [0.05, 0.1) is 11.6 Å². The Morgan fingerprint density at radius 3 is 2.95 bits per heavy atom. The molecule has 2 heterocycles. The molecule has 1 aromatic carbocycles. The molecule has 2 N–H and O–H groups in total. The lowest BCUT2D eigenvalue weighted by atomic mass is 10.2. The predicted octanol–water partition coefficient (Wildman–Crippen LogP) is 1.58. The van der Waals surface area contributed by atoms with Gasteiger partial charge in [-0.1, -0.05) is 12.1 Å². The number of hydrogen-bond acceptors (Lipinski definition) is 5. The van der Waals surface area contributed by atoms with Gasteiger partial charge in [0, 0.05) is 26.3 Å². The Hall–Kier alpha value is -2.63. The number of rotatable bonds is 3. The molecule has 0 aliphatic rings. The van der Waals surface area contributed by atoms with Gasteiger partial charge in [0.25, 0.3) is 0 Å². The largest absolute Gasteiger partial charge is 0.399 e. The van der Waals surface area contributed by atoms with Crippen LogP contribution in [-0.2, 0) is 13.6 Å². The first-order valence-corrected chi connectivity index (χ1v) is 6.33. The smallest absolute Gasteiger partial charge is 0.163 e. The zero-order chi connectivity index (χ0) is 14.1. The molecular formula is C14H16N6. The predicted molar refractivity (Wildman–Crippen MR) is 79.3 cm³/mol. The van der Waals surface area contributed by atoms with E-state index in [0.717, 1.165) is 34.6 Å². The van der Waals surface area contributed by atoms with Gasteiger partial charge in [-0.3, -0.25) is 4.68 Å². The first-order valence-electron chi connectivity index (χ1n) is 6.33. The molecular weight excluding hydrogens is 252 g/mol. The van der Waals surface area contributed by atoms with Crippen molar-refractivity contribution in [1.29, 1.82) is 0 Å². The summed E-state index contributed by atoms with van der Waals surface area (Å²) < 4.78 is 1.74. The number of fused-ring (bicyclic) bond motifs is 1. The maximum Gasteiger partial charge on any atom is 0.163 e. The Balaban J connectivity index is 1.94. The fourth-order valence-electron chi connectivity index (χ4n) is 2.29. The summed E-state index contributed by atoms with van der Waals surface area (Å²) in [5, 5.41) is 5.17. The standard InChI is InChI=1S/C14H16N6/c1-19(8-10-4-3-5-11(15)6-10)13-12-7-18-20(2)14(12)17-9-16-13/h3-7,9H,8,15H2,1-2H3. The minimum absolute atomic E-state index is 0.728. The van der Waals surface area contributed by atoms with Crippen molar-refractivity contribution < 1.29 is 0 Å². The van der Waals surface area contributed by atoms with Gasteiger partial charge in [-0.2, -0.15) is 5.10 Å². The van der Waals surface area contributed by atoms with Gasteiger partial charge in [0.1, 0.15) is 12.1 Å². The molecule has 0 saturated carbocycles. The molecule has 0 radical (unpaired) electrons. The van der Waals surface area contributed by atoms with Gasteiger partial charge in [-0.05, 0) is 17.7 Å². The molecule has 20 heavy (non-hydrogen) atoms. The second-order valence-electron chi connectivity index (χ2n) is 4.80. The van der Waals surface area contributed by atoms with Crippen molar-refractivity contribution in [3.63, 3.8) is 0 Å². The van der Waals surface area contributed by atoms with E-state index >= 15 is 0 Å². The Morgan fingerprint density at radius 2 is 2.15 bits per heavy atom. The van der Waals surface area contributed by atoms with E-state index in [1.165, 1.54) is 0 Å². The lowest BCUT2D eigenvalue weighted by Crippen LogP contribution is -2.18. The zero-order valence-electron chi connectivity index (χ0n) is 11.5. The van der Waals surface area contributed by atoms with E-state index in [9.17, 15) is 0 Å². The lowest BCUT2D eigenvalue weighted by molar-refractivity contribution is 0.785. The van der Waals surface area contributed by atoms with Crippen LogP contribution >= 0.6 is 0 Å². The molecule has 0 atom stereocenters. The van der Waals surface area contributed by atoms with Gasteiger partial charge in [0.2, 0.25) is 0 Å². The van der Waals surface area contributed by atoms with Crippen molar-refractivity contribution >= 4 is 22.5 Å². The van der Waals surface area contributed by atoms with Crippen LogP contribution in [0.15, 0.2) is 36.8 Å². The monoisotopic (exact) mass is 268 g/mol. The summed E-state index contributed by atoms with van der Waals surface area (Å²) in [5.41, 5.74) is 8.55. The number of nitrogens with zero attached hydrogens (tertiary/aromatic N) is 5. The molecule has 6 heteroatoms. The van der Waals surface area contributed by atoms with E-state index in [1.54, 1.807) is 17.2 Å². The molecule has 0 aliphatic heterocycles. The fraction of sp³-hybridized carbons (Fsp3) is 0.214. The Morgan fingerprint density at radius 1 is 1.30 bits per heavy atom. The number of aromatic nitrogens is 4. The summed E-state index contributed by atoms with van der Waals surface area (Å²) in [4.78, 5) is 10.7. The molecule has 0 saturated heterocycles. The summed E-state index contributed by atoms with van der Waals surface area (Å²) in [6.07, 6.45) is 3.36. The lowest BCUT2D eigenvalue weighted by Gasteiger charge is -2.18. The topological polar surface area (TPSA) is 72.9 Å². The quantitative estimate of drug-likeness (QED) is 0.730. The highest BCUT2D eigenvalue weighted by Gasteiger charge is 2.11. The van der Waals surface area contributed by atoms with E-state index in [1.807, 2.05) is 32.3 Å². The number of hydrogen-bond donors (Lipinski definition) is 1. The molecule has 2 aromatic heterocycles. The number of nitrogens with two attached hydrogens (primary N) is 1. The molecule has 102 valence electrons. The summed E-state index contributed by atoms with van der Waals surface area (Å²) >= 11 is 0. The number of benzene rings is 1. The fourth-order valence-corrected chi connectivity index (χ4v) is 2.29. The molecule has 0 fully saturated rings. The molecule has 0 aliphatic carbocycles. The zero-order valence-corrected chi connectivity index (χ0v) is 11.5. The second-order valence-corrected chi connectivity index (χ2v) is 4.80.